The SMILES string of the molecule is COCCNc1ccc(C(=O)O[C@H](C)C(=O)N[C@H]2CCCC[C@H]2C)cc1[N+](=O)[O-]. The van der Waals surface area contributed by atoms with Crippen LogP contribution in [0.4, 0.5) is 11.4 Å². The lowest BCUT2D eigenvalue weighted by molar-refractivity contribution is -0.384. The molecule has 0 aromatic heterocycles. The number of nitro benzene ring substituents is 1. The second-order valence-corrected chi connectivity index (χ2v) is 7.33. The van der Waals surface area contributed by atoms with Crippen LogP contribution < -0.4 is 10.6 Å². The van der Waals surface area contributed by atoms with E-state index in [1.54, 1.807) is 0 Å². The standard InChI is InChI=1S/C20H29N3O6/c1-13-6-4-5-7-16(13)22-19(24)14(2)29-20(25)15-8-9-17(21-10-11-28-3)18(12-15)23(26)27/h8-9,12-14,16,21H,4-7,10-11H2,1-3H3,(H,22,24)/t13-,14-,16+/m1/s1. The maximum absolute atomic E-state index is 12.4. The van der Waals surface area contributed by atoms with Crippen molar-refractivity contribution in [2.45, 2.75) is 51.7 Å². The van der Waals surface area contributed by atoms with Crippen molar-refractivity contribution in [2.75, 3.05) is 25.6 Å². The molecule has 1 amide bonds. The number of ether oxygens (including phenoxy) is 2. The van der Waals surface area contributed by atoms with Crippen LogP contribution in [0.5, 0.6) is 0 Å². The van der Waals surface area contributed by atoms with Crippen molar-refractivity contribution in [1.29, 1.82) is 0 Å². The molecule has 160 valence electrons. The van der Waals surface area contributed by atoms with Gasteiger partial charge in [0.25, 0.3) is 11.6 Å². The van der Waals surface area contributed by atoms with Crippen molar-refractivity contribution in [3.8, 4) is 0 Å². The Morgan fingerprint density at radius 2 is 2.03 bits per heavy atom. The Hall–Kier alpha value is -2.68. The number of nitrogens with one attached hydrogen (secondary N) is 2. The molecular formula is C20H29N3O6. The summed E-state index contributed by atoms with van der Waals surface area (Å²) < 4.78 is 10.1. The van der Waals surface area contributed by atoms with Crippen molar-refractivity contribution in [2.24, 2.45) is 5.92 Å². The summed E-state index contributed by atoms with van der Waals surface area (Å²) in [5, 5.41) is 17.2. The van der Waals surface area contributed by atoms with Gasteiger partial charge in [-0.3, -0.25) is 14.9 Å². The van der Waals surface area contributed by atoms with Gasteiger partial charge in [0.1, 0.15) is 5.69 Å². The molecule has 0 aliphatic heterocycles. The fourth-order valence-electron chi connectivity index (χ4n) is 3.36. The smallest absolute Gasteiger partial charge is 0.339 e. The normalized spacial score (nSPS) is 19.8. The third-order valence-electron chi connectivity index (χ3n) is 5.14. The first-order valence-corrected chi connectivity index (χ1v) is 9.86. The number of nitro groups is 1. The number of carbonyl (C=O) groups excluding carboxylic acids is 2. The highest BCUT2D eigenvalue weighted by molar-refractivity contribution is 5.93. The summed E-state index contributed by atoms with van der Waals surface area (Å²) in [5.74, 6) is -0.753. The summed E-state index contributed by atoms with van der Waals surface area (Å²) in [4.78, 5) is 35.5. The average Bonchev–Trinajstić information content (AvgIpc) is 2.69. The van der Waals surface area contributed by atoms with E-state index < -0.39 is 17.0 Å². The van der Waals surface area contributed by atoms with Crippen LogP contribution in [0.25, 0.3) is 0 Å². The Morgan fingerprint density at radius 1 is 1.31 bits per heavy atom. The fourth-order valence-corrected chi connectivity index (χ4v) is 3.36. The van der Waals surface area contributed by atoms with Gasteiger partial charge in [-0.2, -0.15) is 0 Å². The van der Waals surface area contributed by atoms with Gasteiger partial charge in [-0.25, -0.2) is 4.79 Å². The molecule has 1 fully saturated rings. The molecule has 0 unspecified atom stereocenters. The third kappa shape index (κ3) is 6.42. The maximum atomic E-state index is 12.4. The zero-order valence-electron chi connectivity index (χ0n) is 17.1. The van der Waals surface area contributed by atoms with Gasteiger partial charge in [-0.05, 0) is 37.8 Å². The maximum Gasteiger partial charge on any atom is 0.339 e. The van der Waals surface area contributed by atoms with Gasteiger partial charge >= 0.3 is 5.97 Å². The fraction of sp³-hybridized carbons (Fsp3) is 0.600. The molecule has 0 spiro atoms. The molecule has 9 nitrogen and oxygen atoms in total. The molecule has 1 saturated carbocycles. The van der Waals surface area contributed by atoms with Crippen LogP contribution in [-0.4, -0.2) is 49.2 Å². The van der Waals surface area contributed by atoms with Gasteiger partial charge in [0.2, 0.25) is 0 Å². The van der Waals surface area contributed by atoms with Crippen molar-refractivity contribution in [1.82, 2.24) is 5.32 Å². The van der Waals surface area contributed by atoms with E-state index >= 15 is 0 Å². The number of rotatable bonds is 9. The summed E-state index contributed by atoms with van der Waals surface area (Å²) in [7, 11) is 1.53. The van der Waals surface area contributed by atoms with Gasteiger partial charge < -0.3 is 20.1 Å². The lowest BCUT2D eigenvalue weighted by atomic mass is 9.86. The van der Waals surface area contributed by atoms with Crippen LogP contribution in [0.3, 0.4) is 0 Å². The van der Waals surface area contributed by atoms with E-state index in [1.165, 1.54) is 26.2 Å². The molecule has 0 bridgehead atoms. The first-order valence-electron chi connectivity index (χ1n) is 9.86. The first kappa shape index (κ1) is 22.6. The van der Waals surface area contributed by atoms with E-state index in [9.17, 15) is 19.7 Å². The van der Waals surface area contributed by atoms with Gasteiger partial charge in [0.05, 0.1) is 17.1 Å². The number of nitrogens with zero attached hydrogens (tertiary/aromatic N) is 1. The summed E-state index contributed by atoms with van der Waals surface area (Å²) >= 11 is 0. The highest BCUT2D eigenvalue weighted by atomic mass is 16.6. The summed E-state index contributed by atoms with van der Waals surface area (Å²) in [5.41, 5.74) is 0.0454. The largest absolute Gasteiger partial charge is 0.449 e. The molecule has 29 heavy (non-hydrogen) atoms. The molecular weight excluding hydrogens is 378 g/mol. The molecule has 2 N–H and O–H groups in total. The van der Waals surface area contributed by atoms with Crippen LogP contribution in [0.2, 0.25) is 0 Å². The van der Waals surface area contributed by atoms with E-state index in [4.69, 9.17) is 9.47 Å². The Labute approximate surface area is 170 Å². The predicted molar refractivity (Wildman–Crippen MR) is 108 cm³/mol. The minimum atomic E-state index is -0.991. The van der Waals surface area contributed by atoms with Crippen LogP contribution in [0, 0.1) is 16.0 Å². The molecule has 2 rings (SSSR count). The minimum absolute atomic E-state index is 0.0136. The molecule has 1 aromatic rings. The lowest BCUT2D eigenvalue weighted by Gasteiger charge is -2.30. The van der Waals surface area contributed by atoms with Gasteiger partial charge in [0, 0.05) is 25.8 Å². The van der Waals surface area contributed by atoms with Gasteiger partial charge in [-0.15, -0.1) is 0 Å². The van der Waals surface area contributed by atoms with Crippen molar-refractivity contribution < 1.29 is 24.0 Å². The second kappa shape index (κ2) is 10.8. The summed E-state index contributed by atoms with van der Waals surface area (Å²) in [6.45, 7) is 4.36. The van der Waals surface area contributed by atoms with Crippen LogP contribution in [0.15, 0.2) is 18.2 Å². The van der Waals surface area contributed by atoms with Gasteiger partial charge in [-0.1, -0.05) is 19.8 Å². The Kier molecular flexibility index (Phi) is 8.38. The predicted octanol–water partition coefficient (Wildman–Crippen LogP) is 2.89. The number of carbonyl (C=O) groups is 2. The topological polar surface area (TPSA) is 120 Å². The lowest BCUT2D eigenvalue weighted by Crippen LogP contribution is -2.45. The van der Waals surface area contributed by atoms with Crippen molar-refractivity contribution in [3.63, 3.8) is 0 Å². The van der Waals surface area contributed by atoms with E-state index in [2.05, 4.69) is 17.6 Å². The highest BCUT2D eigenvalue weighted by Gasteiger charge is 2.27. The number of hydrogen-bond acceptors (Lipinski definition) is 7. The molecule has 1 aliphatic rings. The highest BCUT2D eigenvalue weighted by Crippen LogP contribution is 2.26. The number of amides is 1. The Morgan fingerprint density at radius 3 is 2.69 bits per heavy atom. The summed E-state index contributed by atoms with van der Waals surface area (Å²) in [6.07, 6.45) is 3.21. The van der Waals surface area contributed by atoms with Crippen LogP contribution >= 0.6 is 0 Å². The number of methoxy groups -OCH3 is 1. The Balaban J connectivity index is 2.00. The monoisotopic (exact) mass is 407 g/mol. The number of esters is 1. The summed E-state index contributed by atoms with van der Waals surface area (Å²) in [6, 6.07) is 4.10. The van der Waals surface area contributed by atoms with Crippen LogP contribution in [0.1, 0.15) is 49.9 Å². The molecule has 1 aromatic carbocycles. The molecule has 9 heteroatoms. The zero-order valence-corrected chi connectivity index (χ0v) is 17.1. The minimum Gasteiger partial charge on any atom is -0.449 e. The molecule has 0 saturated heterocycles. The van der Waals surface area contributed by atoms with Crippen LogP contribution in [-0.2, 0) is 14.3 Å². The molecule has 0 radical (unpaired) electrons. The van der Waals surface area contributed by atoms with Crippen molar-refractivity contribution in [3.05, 3.63) is 33.9 Å². The van der Waals surface area contributed by atoms with E-state index in [0.717, 1.165) is 31.7 Å². The number of anilines is 1. The molecule has 1 aliphatic carbocycles. The quantitative estimate of drug-likeness (QED) is 0.279. The van der Waals surface area contributed by atoms with E-state index in [0.29, 0.717) is 19.1 Å². The first-order chi connectivity index (χ1) is 13.8. The van der Waals surface area contributed by atoms with Crippen molar-refractivity contribution >= 4 is 23.3 Å². The molecule has 0 heterocycles. The zero-order chi connectivity index (χ0) is 21.4. The molecule has 3 atom stereocenters. The Bertz CT molecular complexity index is 739. The third-order valence-corrected chi connectivity index (χ3v) is 5.14. The number of benzene rings is 1. The van der Waals surface area contributed by atoms with E-state index in [-0.39, 0.29) is 28.9 Å². The second-order valence-electron chi connectivity index (χ2n) is 7.33. The van der Waals surface area contributed by atoms with E-state index in [1.807, 2.05) is 0 Å². The average molecular weight is 407 g/mol. The number of hydrogen-bond donors (Lipinski definition) is 2. The van der Waals surface area contributed by atoms with Gasteiger partial charge in [0.15, 0.2) is 6.10 Å².